The largest absolute Gasteiger partial charge is 0.365 e. The molecule has 0 amide bonds. The van der Waals surface area contributed by atoms with Crippen molar-refractivity contribution in [1.29, 1.82) is 0 Å². The van der Waals surface area contributed by atoms with E-state index in [-0.39, 0.29) is 11.6 Å². The van der Waals surface area contributed by atoms with Crippen LogP contribution in [-0.2, 0) is 11.8 Å². The fourth-order valence-corrected chi connectivity index (χ4v) is 8.05. The number of aromatic nitrogens is 2. The SMILES string of the molecule is CC(C)(C)c1cccc(C(N)Nc2c(Cc3ccc(-n4c5ccccc5c5ccccc54)cc3)ccc3ccccc23)c1.c1ccc2c(c1)[nH]c1ccccc12. The summed E-state index contributed by atoms with van der Waals surface area (Å²) in [4.78, 5) is 3.38. The van der Waals surface area contributed by atoms with Gasteiger partial charge in [0.1, 0.15) is 6.17 Å². The van der Waals surface area contributed by atoms with Crippen LogP contribution < -0.4 is 11.1 Å². The van der Waals surface area contributed by atoms with E-state index < -0.39 is 0 Å². The zero-order valence-electron chi connectivity index (χ0n) is 32.1. The summed E-state index contributed by atoms with van der Waals surface area (Å²) >= 11 is 0. The first-order valence-electron chi connectivity index (χ1n) is 19.5. The topological polar surface area (TPSA) is 58.8 Å². The van der Waals surface area contributed by atoms with Crippen LogP contribution in [0.1, 0.15) is 49.2 Å². The van der Waals surface area contributed by atoms with Crippen LogP contribution in [0, 0.1) is 0 Å². The molecule has 0 aliphatic rings. The molecular weight excluding hydrogens is 681 g/mol. The molecule has 0 saturated heterocycles. The number of benzene rings is 8. The molecule has 4 N–H and O–H groups in total. The standard InChI is InChI=1S/C40H37N3.C12H9N/c1-40(2,3)31-13-10-12-30(26-31)39(41)42-38-29(22-21-28-11-4-5-14-33(28)38)25-27-19-23-32(24-20-27)43-36-17-8-6-15-34(36)35-16-7-9-18-37(35)43;1-3-7-11-9(5-1)10-6-2-4-8-12(10)13-11/h4-24,26,39,42H,25,41H2,1-3H3;1-8,13H. The van der Waals surface area contributed by atoms with Crippen LogP contribution >= 0.6 is 0 Å². The third kappa shape index (κ3) is 6.70. The molecular formula is C52H46N4. The second-order valence-electron chi connectivity index (χ2n) is 15.7. The van der Waals surface area contributed by atoms with Crippen molar-refractivity contribution in [2.75, 3.05) is 5.32 Å². The van der Waals surface area contributed by atoms with E-state index in [4.69, 9.17) is 5.73 Å². The summed E-state index contributed by atoms with van der Waals surface area (Å²) in [6.07, 6.45) is 0.472. The fourth-order valence-electron chi connectivity index (χ4n) is 8.05. The molecule has 2 heterocycles. The lowest BCUT2D eigenvalue weighted by atomic mass is 9.86. The van der Waals surface area contributed by atoms with Crippen molar-refractivity contribution >= 4 is 60.1 Å². The van der Waals surface area contributed by atoms with E-state index in [1.54, 1.807) is 0 Å². The molecule has 8 aromatic carbocycles. The van der Waals surface area contributed by atoms with Crippen LogP contribution in [0.2, 0.25) is 0 Å². The van der Waals surface area contributed by atoms with Crippen LogP contribution in [0.5, 0.6) is 0 Å². The third-order valence-corrected chi connectivity index (χ3v) is 11.0. The molecule has 0 aliphatic heterocycles. The predicted octanol–water partition coefficient (Wildman–Crippen LogP) is 13.2. The molecule has 0 saturated carbocycles. The summed E-state index contributed by atoms with van der Waals surface area (Å²) in [7, 11) is 0. The molecule has 10 aromatic rings. The molecule has 0 bridgehead atoms. The quantitative estimate of drug-likeness (QED) is 0.149. The number of anilines is 1. The monoisotopic (exact) mass is 726 g/mol. The van der Waals surface area contributed by atoms with Gasteiger partial charge in [0.2, 0.25) is 0 Å². The van der Waals surface area contributed by atoms with E-state index in [0.717, 1.165) is 17.7 Å². The molecule has 4 nitrogen and oxygen atoms in total. The molecule has 1 unspecified atom stereocenters. The Labute approximate surface area is 328 Å². The minimum absolute atomic E-state index is 0.0612. The number of hydrogen-bond acceptors (Lipinski definition) is 2. The van der Waals surface area contributed by atoms with Gasteiger partial charge >= 0.3 is 0 Å². The Bertz CT molecular complexity index is 2870. The van der Waals surface area contributed by atoms with Crippen molar-refractivity contribution in [3.63, 3.8) is 0 Å². The van der Waals surface area contributed by atoms with E-state index >= 15 is 0 Å². The van der Waals surface area contributed by atoms with Gasteiger partial charge in [-0.05, 0) is 75.9 Å². The molecule has 1 atom stereocenters. The van der Waals surface area contributed by atoms with Gasteiger partial charge in [0, 0.05) is 49.3 Å². The Balaban J connectivity index is 0.000000264. The molecule has 0 aliphatic carbocycles. The van der Waals surface area contributed by atoms with Gasteiger partial charge in [-0.3, -0.25) is 0 Å². The minimum Gasteiger partial charge on any atom is -0.365 e. The number of fused-ring (bicyclic) bond motifs is 7. The fraction of sp³-hybridized carbons (Fsp3) is 0.115. The third-order valence-electron chi connectivity index (χ3n) is 11.0. The maximum atomic E-state index is 6.84. The maximum Gasteiger partial charge on any atom is 0.101 e. The van der Waals surface area contributed by atoms with Crippen LogP contribution in [0.3, 0.4) is 0 Å². The Morgan fingerprint density at radius 1 is 0.554 bits per heavy atom. The van der Waals surface area contributed by atoms with Gasteiger partial charge < -0.3 is 20.6 Å². The maximum absolute atomic E-state index is 6.84. The minimum atomic E-state index is -0.329. The zero-order valence-corrected chi connectivity index (χ0v) is 32.1. The molecule has 274 valence electrons. The molecule has 0 fully saturated rings. The van der Waals surface area contributed by atoms with Gasteiger partial charge in [-0.1, -0.05) is 166 Å². The second-order valence-corrected chi connectivity index (χ2v) is 15.7. The van der Waals surface area contributed by atoms with Gasteiger partial charge in [-0.25, -0.2) is 0 Å². The van der Waals surface area contributed by atoms with Crippen molar-refractivity contribution in [2.45, 2.75) is 38.8 Å². The molecule has 56 heavy (non-hydrogen) atoms. The van der Waals surface area contributed by atoms with E-state index in [0.29, 0.717) is 0 Å². The Kier molecular flexibility index (Phi) is 9.12. The first-order valence-corrected chi connectivity index (χ1v) is 19.5. The number of para-hydroxylation sites is 4. The molecule has 10 rings (SSSR count). The highest BCUT2D eigenvalue weighted by molar-refractivity contribution is 6.09. The van der Waals surface area contributed by atoms with Gasteiger partial charge in [-0.15, -0.1) is 0 Å². The van der Waals surface area contributed by atoms with Crippen LogP contribution in [0.4, 0.5) is 5.69 Å². The number of nitrogens with one attached hydrogen (secondary N) is 2. The molecule has 4 heteroatoms. The predicted molar refractivity (Wildman–Crippen MR) is 239 cm³/mol. The average Bonchev–Trinajstić information content (AvgIpc) is 3.78. The average molecular weight is 727 g/mol. The van der Waals surface area contributed by atoms with E-state index in [1.165, 1.54) is 76.8 Å². The van der Waals surface area contributed by atoms with Gasteiger partial charge in [0.05, 0.1) is 11.0 Å². The summed E-state index contributed by atoms with van der Waals surface area (Å²) in [5, 5.41) is 11.3. The highest BCUT2D eigenvalue weighted by Gasteiger charge is 2.18. The summed E-state index contributed by atoms with van der Waals surface area (Å²) in [6.45, 7) is 6.71. The van der Waals surface area contributed by atoms with E-state index in [2.05, 4.69) is 218 Å². The van der Waals surface area contributed by atoms with Crippen molar-refractivity contribution < 1.29 is 0 Å². The molecule has 0 spiro atoms. The Hall–Kier alpha value is -6.62. The Morgan fingerprint density at radius 3 is 1.73 bits per heavy atom. The van der Waals surface area contributed by atoms with Gasteiger partial charge in [-0.2, -0.15) is 0 Å². The van der Waals surface area contributed by atoms with E-state index in [9.17, 15) is 0 Å². The summed E-state index contributed by atoms with van der Waals surface area (Å²) in [5.41, 5.74) is 18.9. The van der Waals surface area contributed by atoms with Gasteiger partial charge in [0.15, 0.2) is 0 Å². The lowest BCUT2D eigenvalue weighted by molar-refractivity contribution is 0.588. The van der Waals surface area contributed by atoms with Crippen LogP contribution in [0.15, 0.2) is 182 Å². The summed E-state index contributed by atoms with van der Waals surface area (Å²) < 4.78 is 2.36. The lowest BCUT2D eigenvalue weighted by Crippen LogP contribution is -2.22. The van der Waals surface area contributed by atoms with E-state index in [1.807, 2.05) is 0 Å². The number of nitrogens with two attached hydrogens (primary N) is 1. The normalized spacial score (nSPS) is 12.3. The highest BCUT2D eigenvalue weighted by atomic mass is 15.0. The van der Waals surface area contributed by atoms with Crippen LogP contribution in [-0.4, -0.2) is 9.55 Å². The van der Waals surface area contributed by atoms with Crippen molar-refractivity contribution in [1.82, 2.24) is 9.55 Å². The second kappa shape index (κ2) is 14.6. The summed E-state index contributed by atoms with van der Waals surface area (Å²) in [5.74, 6) is 0. The number of hydrogen-bond donors (Lipinski definition) is 3. The number of rotatable bonds is 6. The molecule has 2 aromatic heterocycles. The first-order chi connectivity index (χ1) is 27.3. The highest BCUT2D eigenvalue weighted by Crippen LogP contribution is 2.35. The van der Waals surface area contributed by atoms with Crippen molar-refractivity contribution in [3.05, 3.63) is 204 Å². The zero-order chi connectivity index (χ0) is 38.2. The van der Waals surface area contributed by atoms with Crippen molar-refractivity contribution in [2.24, 2.45) is 5.73 Å². The summed E-state index contributed by atoms with van der Waals surface area (Å²) in [6, 6.07) is 64.7. The number of H-pyrrole nitrogens is 1. The van der Waals surface area contributed by atoms with Gasteiger partial charge in [0.25, 0.3) is 0 Å². The molecule has 0 radical (unpaired) electrons. The number of nitrogens with zero attached hydrogens (tertiary/aromatic N) is 1. The van der Waals surface area contributed by atoms with Crippen LogP contribution in [0.25, 0.3) is 60.1 Å². The first kappa shape index (κ1) is 35.1. The smallest absolute Gasteiger partial charge is 0.101 e. The number of aromatic amines is 1. The van der Waals surface area contributed by atoms with Crippen molar-refractivity contribution in [3.8, 4) is 5.69 Å². The Morgan fingerprint density at radius 2 is 1.11 bits per heavy atom. The lowest BCUT2D eigenvalue weighted by Gasteiger charge is -2.24.